The Bertz CT molecular complexity index is 3250. The summed E-state index contributed by atoms with van der Waals surface area (Å²) in [6.45, 7) is 4.21. The largest absolute Gasteiger partial charge is 0.456 e. The number of pyridine rings is 1. The Labute approximate surface area is 331 Å². The van der Waals surface area contributed by atoms with Crippen LogP contribution >= 0.6 is 0 Å². The average Bonchev–Trinajstić information content (AvgIpc) is 3.75. The normalized spacial score (nSPS) is 13.0. The van der Waals surface area contributed by atoms with Gasteiger partial charge in [-0.25, -0.2) is 4.98 Å². The summed E-state index contributed by atoms with van der Waals surface area (Å²) in [5, 5.41) is 3.97. The Morgan fingerprint density at radius 1 is 0.630 bits per heavy atom. The molecule has 6 aromatic carbocycles. The summed E-state index contributed by atoms with van der Waals surface area (Å²) in [5.74, 6) is 0.812. The number of hydrogen-bond donors (Lipinski definition) is 0. The quantitative estimate of drug-likeness (QED) is 0.131. The maximum atomic E-state index is 8.24. The van der Waals surface area contributed by atoms with Crippen molar-refractivity contribution in [3.63, 3.8) is 0 Å². The molecule has 266 valence electrons. The number of hydrogen-bond acceptors (Lipinski definition) is 2. The number of imidazole rings is 1. The van der Waals surface area contributed by atoms with Gasteiger partial charge < -0.3 is 22.7 Å². The van der Waals surface area contributed by atoms with Gasteiger partial charge in [-0.2, -0.15) is 24.3 Å². The summed E-state index contributed by atoms with van der Waals surface area (Å²) in [4.78, 5) is 4.93. The number of aromatic nitrogens is 5. The van der Waals surface area contributed by atoms with E-state index in [-0.39, 0.29) is 26.5 Å². The summed E-state index contributed by atoms with van der Waals surface area (Å²) >= 11 is 0. The third kappa shape index (κ3) is 5.35. The van der Waals surface area contributed by atoms with Crippen LogP contribution in [0, 0.1) is 18.5 Å². The number of benzene rings is 6. The van der Waals surface area contributed by atoms with E-state index in [2.05, 4.69) is 96.9 Å². The van der Waals surface area contributed by atoms with Gasteiger partial charge in [0.05, 0.1) is 27.6 Å². The van der Waals surface area contributed by atoms with E-state index in [4.69, 9.17) is 13.5 Å². The first-order valence-electron chi connectivity index (χ1n) is 19.2. The molecular weight excluding hydrogens is 846 g/mol. The van der Waals surface area contributed by atoms with Gasteiger partial charge in [-0.3, -0.25) is 0 Å². The molecule has 0 unspecified atom stereocenters. The first kappa shape index (κ1) is 30.5. The van der Waals surface area contributed by atoms with Gasteiger partial charge in [-0.15, -0.1) is 17.5 Å². The maximum Gasteiger partial charge on any atom is 0.242 e. The molecule has 54 heavy (non-hydrogen) atoms. The number of fused-ring (bicyclic) bond motifs is 8. The van der Waals surface area contributed by atoms with Crippen LogP contribution in [0.3, 0.4) is 0 Å². The fourth-order valence-electron chi connectivity index (χ4n) is 7.49. The summed E-state index contributed by atoms with van der Waals surface area (Å²) in [7, 11) is 0. The van der Waals surface area contributed by atoms with Gasteiger partial charge in [0.2, 0.25) is 6.33 Å². The third-order valence-corrected chi connectivity index (χ3v) is 10.1. The monoisotopic (exact) mass is 883 g/mol. The standard InChI is InChI=1S/C47H35N5O.Pt/c1-47(2,3)31-24-25-48-46(26-31)52-38-18-7-5-16-34(38)36-28-37-35-17-6-11-22-44(35)53-45-23-12-10-21-41(45)51(42(37)29-43(36)52)33-15-13-14-32(27-33)50-30-49(4)39-19-8-9-20-40(39)50;/h5-26,28H,1-4H3;/q-2;/i4D3;. The molecule has 0 aliphatic rings. The Kier molecular flexibility index (Phi) is 7.26. The molecule has 4 heterocycles. The third-order valence-electron chi connectivity index (χ3n) is 10.1. The van der Waals surface area contributed by atoms with Crippen molar-refractivity contribution in [2.24, 2.45) is 6.98 Å². The Hall–Kier alpha value is -5.97. The summed E-state index contributed by atoms with van der Waals surface area (Å²) < 4.78 is 38.8. The van der Waals surface area contributed by atoms with Crippen LogP contribution in [0.15, 0.2) is 144 Å². The van der Waals surface area contributed by atoms with E-state index in [1.807, 2.05) is 85.1 Å². The summed E-state index contributed by atoms with van der Waals surface area (Å²) in [5.41, 5.74) is 8.57. The van der Waals surface area contributed by atoms with Crippen LogP contribution in [-0.4, -0.2) is 18.7 Å². The van der Waals surface area contributed by atoms with Crippen LogP contribution in [0.25, 0.3) is 83.0 Å². The van der Waals surface area contributed by atoms with Gasteiger partial charge in [0, 0.05) is 32.8 Å². The Morgan fingerprint density at radius 3 is 2.11 bits per heavy atom. The Balaban J connectivity index is 0.00000422. The van der Waals surface area contributed by atoms with Gasteiger partial charge in [0.25, 0.3) is 0 Å². The Morgan fingerprint density at radius 2 is 1.30 bits per heavy atom. The van der Waals surface area contributed by atoms with Gasteiger partial charge in [-0.1, -0.05) is 121 Å². The second-order valence-electron chi connectivity index (χ2n) is 14.4. The second kappa shape index (κ2) is 12.9. The molecule has 0 saturated carbocycles. The van der Waals surface area contributed by atoms with Crippen LogP contribution in [0.2, 0.25) is 0 Å². The molecule has 10 aromatic rings. The zero-order valence-electron chi connectivity index (χ0n) is 32.7. The van der Waals surface area contributed by atoms with Gasteiger partial charge in [0.1, 0.15) is 11.4 Å². The summed E-state index contributed by atoms with van der Waals surface area (Å²) in [6.07, 6.45) is 5.00. The van der Waals surface area contributed by atoms with Crippen molar-refractivity contribution in [2.75, 3.05) is 0 Å². The van der Waals surface area contributed by atoms with Crippen molar-refractivity contribution < 1.29 is 34.2 Å². The topological polar surface area (TPSA) is 44.7 Å². The molecule has 0 fully saturated rings. The van der Waals surface area contributed by atoms with Crippen LogP contribution in [-0.2, 0) is 33.5 Å². The smallest absolute Gasteiger partial charge is 0.242 e. The SMILES string of the molecule is [2H]C([2H])([2H])[n+]1[c-]n(-c2[c-]c(-n3c4[c-]c5c(cc4c4ccccc4oc4ccccc43)c3ccccc3n5-c3cc(C(C)(C)C)ccn3)ccc2)c2ccccc21.[Pt]. The number of aryl methyl sites for hydroxylation is 1. The molecule has 0 amide bonds. The predicted molar refractivity (Wildman–Crippen MR) is 214 cm³/mol. The minimum Gasteiger partial charge on any atom is -0.456 e. The molecule has 0 N–H and O–H groups in total. The first-order chi connectivity index (χ1) is 27.0. The van der Waals surface area contributed by atoms with E-state index < -0.39 is 6.98 Å². The van der Waals surface area contributed by atoms with E-state index in [1.54, 1.807) is 10.6 Å². The molecule has 0 spiro atoms. The van der Waals surface area contributed by atoms with Gasteiger partial charge >= 0.3 is 0 Å². The van der Waals surface area contributed by atoms with Crippen molar-refractivity contribution in [2.45, 2.75) is 26.2 Å². The van der Waals surface area contributed by atoms with Crippen LogP contribution in [0.1, 0.15) is 30.4 Å². The zero-order chi connectivity index (χ0) is 38.3. The number of nitrogens with zero attached hydrogens (tertiary/aromatic N) is 5. The fraction of sp³-hybridized carbons (Fsp3) is 0.106. The van der Waals surface area contributed by atoms with Crippen molar-refractivity contribution in [1.82, 2.24) is 18.7 Å². The minimum absolute atomic E-state index is 0. The predicted octanol–water partition coefficient (Wildman–Crippen LogP) is 10.6. The number of rotatable bonds is 3. The van der Waals surface area contributed by atoms with E-state index in [9.17, 15) is 0 Å². The van der Waals surface area contributed by atoms with E-state index in [0.29, 0.717) is 28.0 Å². The van der Waals surface area contributed by atoms with Crippen LogP contribution in [0.5, 0.6) is 0 Å². The van der Waals surface area contributed by atoms with Crippen molar-refractivity contribution in [3.05, 3.63) is 164 Å². The average molecular weight is 884 g/mol. The van der Waals surface area contributed by atoms with Crippen LogP contribution in [0.4, 0.5) is 0 Å². The molecule has 0 atom stereocenters. The molecule has 10 rings (SSSR count). The van der Waals surface area contributed by atoms with Crippen LogP contribution < -0.4 is 4.57 Å². The van der Waals surface area contributed by atoms with Crippen molar-refractivity contribution in [1.29, 1.82) is 0 Å². The van der Waals surface area contributed by atoms with Gasteiger partial charge in [-0.05, 0) is 58.1 Å². The molecule has 0 aliphatic heterocycles. The summed E-state index contributed by atoms with van der Waals surface area (Å²) in [6, 6.07) is 51.9. The maximum absolute atomic E-state index is 8.24. The second-order valence-corrected chi connectivity index (χ2v) is 14.4. The molecule has 6 nitrogen and oxygen atoms in total. The minimum atomic E-state index is -2.42. The molecular formula is C47H35N5OPt-2. The molecule has 4 aromatic heterocycles. The first-order valence-corrected chi connectivity index (χ1v) is 17.7. The van der Waals surface area contributed by atoms with Gasteiger partial charge in [0.15, 0.2) is 5.58 Å². The molecule has 0 saturated heterocycles. The molecule has 0 radical (unpaired) electrons. The molecule has 7 heteroatoms. The molecule has 0 aliphatic carbocycles. The van der Waals surface area contributed by atoms with E-state index in [1.165, 1.54) is 10.1 Å². The fourth-order valence-corrected chi connectivity index (χ4v) is 7.49. The number of para-hydroxylation sites is 6. The van der Waals surface area contributed by atoms with E-state index in [0.717, 1.165) is 55.0 Å². The molecule has 0 bridgehead atoms. The van der Waals surface area contributed by atoms with Crippen molar-refractivity contribution in [3.8, 4) is 17.2 Å². The zero-order valence-corrected chi connectivity index (χ0v) is 32.0. The van der Waals surface area contributed by atoms with Crippen molar-refractivity contribution >= 4 is 65.8 Å². The van der Waals surface area contributed by atoms with E-state index >= 15 is 0 Å².